The molecule has 118 valence electrons. The summed E-state index contributed by atoms with van der Waals surface area (Å²) in [5.41, 5.74) is 1.31. The molecule has 22 heavy (non-hydrogen) atoms. The molecule has 1 fully saturated rings. The Morgan fingerprint density at radius 2 is 1.86 bits per heavy atom. The quantitative estimate of drug-likeness (QED) is 0.910. The van der Waals surface area contributed by atoms with Crippen molar-refractivity contribution in [3.05, 3.63) is 29.8 Å². The number of nitrogens with zero attached hydrogens (tertiary/aromatic N) is 4. The molecule has 0 aromatic heterocycles. The second kappa shape index (κ2) is 7.78. The third kappa shape index (κ3) is 4.72. The normalized spacial score (nSPS) is 15.6. The second-order valence-electron chi connectivity index (χ2n) is 5.75. The molecular weight excluding hydrogens is 278 g/mol. The number of carbonyl (C=O) groups is 1. The summed E-state index contributed by atoms with van der Waals surface area (Å²) in [6, 6.07) is 8.91. The highest BCUT2D eigenvalue weighted by molar-refractivity contribution is 5.89. The molecule has 1 saturated heterocycles. The van der Waals surface area contributed by atoms with Crippen molar-refractivity contribution in [3.63, 3.8) is 0 Å². The predicted octanol–water partition coefficient (Wildman–Crippen LogP) is 1.27. The molecule has 1 aliphatic rings. The number of likely N-dealkylation sites (N-methyl/N-ethyl adjacent to an activating group) is 1. The van der Waals surface area contributed by atoms with E-state index in [1.54, 1.807) is 24.3 Å². The van der Waals surface area contributed by atoms with Crippen molar-refractivity contribution in [2.24, 2.45) is 0 Å². The number of benzene rings is 1. The zero-order valence-corrected chi connectivity index (χ0v) is 13.2. The average Bonchev–Trinajstić information content (AvgIpc) is 2.54. The fraction of sp³-hybridized carbons (Fsp3) is 0.500. The van der Waals surface area contributed by atoms with Crippen LogP contribution in [0.3, 0.4) is 0 Å². The summed E-state index contributed by atoms with van der Waals surface area (Å²) in [6.45, 7) is 5.39. The summed E-state index contributed by atoms with van der Waals surface area (Å²) < 4.78 is 0. The maximum absolute atomic E-state index is 12.2. The summed E-state index contributed by atoms with van der Waals surface area (Å²) in [7, 11) is 4.14. The third-order valence-electron chi connectivity index (χ3n) is 3.79. The number of piperazine rings is 1. The molecule has 1 heterocycles. The summed E-state index contributed by atoms with van der Waals surface area (Å²) in [5.74, 6) is 0. The van der Waals surface area contributed by atoms with Crippen molar-refractivity contribution in [2.75, 3.05) is 58.7 Å². The molecule has 1 aliphatic heterocycles. The van der Waals surface area contributed by atoms with Gasteiger partial charge in [0.05, 0.1) is 11.6 Å². The Labute approximate surface area is 131 Å². The van der Waals surface area contributed by atoms with Gasteiger partial charge < -0.3 is 15.1 Å². The van der Waals surface area contributed by atoms with Crippen molar-refractivity contribution in [3.8, 4) is 6.07 Å². The van der Waals surface area contributed by atoms with E-state index in [0.717, 1.165) is 45.0 Å². The van der Waals surface area contributed by atoms with Gasteiger partial charge in [-0.3, -0.25) is 4.90 Å². The monoisotopic (exact) mass is 301 g/mol. The minimum atomic E-state index is -0.0723. The zero-order valence-electron chi connectivity index (χ0n) is 13.2. The van der Waals surface area contributed by atoms with E-state index in [4.69, 9.17) is 5.26 Å². The molecular formula is C16H23N5O. The first kappa shape index (κ1) is 16.3. The lowest BCUT2D eigenvalue weighted by molar-refractivity contribution is 0.140. The molecule has 0 bridgehead atoms. The predicted molar refractivity (Wildman–Crippen MR) is 86.7 cm³/mol. The van der Waals surface area contributed by atoms with Crippen molar-refractivity contribution in [2.45, 2.75) is 0 Å². The van der Waals surface area contributed by atoms with Crippen molar-refractivity contribution in [1.29, 1.82) is 5.26 Å². The Morgan fingerprint density at radius 1 is 1.23 bits per heavy atom. The van der Waals surface area contributed by atoms with E-state index >= 15 is 0 Å². The van der Waals surface area contributed by atoms with E-state index in [1.807, 2.05) is 4.90 Å². The van der Waals surface area contributed by atoms with E-state index in [-0.39, 0.29) is 6.03 Å². The van der Waals surface area contributed by atoms with Crippen molar-refractivity contribution in [1.82, 2.24) is 14.7 Å². The highest BCUT2D eigenvalue weighted by atomic mass is 16.2. The third-order valence-corrected chi connectivity index (χ3v) is 3.79. The van der Waals surface area contributed by atoms with Crippen LogP contribution >= 0.6 is 0 Å². The molecule has 0 saturated carbocycles. The Balaban J connectivity index is 1.78. The topological polar surface area (TPSA) is 62.6 Å². The summed E-state index contributed by atoms with van der Waals surface area (Å²) in [5, 5.41) is 11.6. The van der Waals surface area contributed by atoms with Crippen LogP contribution in [0.1, 0.15) is 5.56 Å². The molecule has 0 spiro atoms. The minimum absolute atomic E-state index is 0.0723. The van der Waals surface area contributed by atoms with Gasteiger partial charge in [0.2, 0.25) is 0 Å². The van der Waals surface area contributed by atoms with E-state index in [9.17, 15) is 4.79 Å². The fourth-order valence-corrected chi connectivity index (χ4v) is 2.35. The van der Waals surface area contributed by atoms with Crippen LogP contribution in [0.15, 0.2) is 24.3 Å². The number of carbonyl (C=O) groups excluding carboxylic acids is 1. The second-order valence-corrected chi connectivity index (χ2v) is 5.75. The lowest BCUT2D eigenvalue weighted by atomic mass is 10.2. The number of rotatable bonds is 4. The van der Waals surface area contributed by atoms with Gasteiger partial charge in [0.25, 0.3) is 0 Å². The Kier molecular flexibility index (Phi) is 5.75. The van der Waals surface area contributed by atoms with Gasteiger partial charge in [-0.25, -0.2) is 4.79 Å². The first-order chi connectivity index (χ1) is 10.6. The molecule has 0 aliphatic carbocycles. The largest absolute Gasteiger partial charge is 0.322 e. The van der Waals surface area contributed by atoms with E-state index < -0.39 is 0 Å². The van der Waals surface area contributed by atoms with Crippen LogP contribution in [0.4, 0.5) is 10.5 Å². The molecule has 1 N–H and O–H groups in total. The van der Waals surface area contributed by atoms with Gasteiger partial charge in [0.15, 0.2) is 0 Å². The summed E-state index contributed by atoms with van der Waals surface area (Å²) >= 11 is 0. The van der Waals surface area contributed by atoms with E-state index in [0.29, 0.717) is 5.56 Å². The van der Waals surface area contributed by atoms with Crippen LogP contribution in [0, 0.1) is 11.3 Å². The van der Waals surface area contributed by atoms with Gasteiger partial charge in [0.1, 0.15) is 0 Å². The number of hydrogen-bond acceptors (Lipinski definition) is 4. The minimum Gasteiger partial charge on any atom is -0.322 e. The SMILES string of the molecule is CN(C)CCN1CCN(C(=O)Nc2ccc(C#N)cc2)CC1. The van der Waals surface area contributed by atoms with Gasteiger partial charge >= 0.3 is 6.03 Å². The number of nitriles is 1. The van der Waals surface area contributed by atoms with Crippen LogP contribution in [0.5, 0.6) is 0 Å². The number of nitrogens with one attached hydrogen (secondary N) is 1. The van der Waals surface area contributed by atoms with Gasteiger partial charge in [-0.1, -0.05) is 0 Å². The molecule has 0 radical (unpaired) electrons. The van der Waals surface area contributed by atoms with Crippen molar-refractivity contribution >= 4 is 11.7 Å². The number of anilines is 1. The molecule has 2 rings (SSSR count). The van der Waals surface area contributed by atoms with Gasteiger partial charge in [0, 0.05) is 45.0 Å². The Hall–Kier alpha value is -2.10. The Bertz CT molecular complexity index is 526. The zero-order chi connectivity index (χ0) is 15.9. The van der Waals surface area contributed by atoms with E-state index in [2.05, 4.69) is 35.3 Å². The molecule has 0 atom stereocenters. The van der Waals surface area contributed by atoms with Crippen LogP contribution in [-0.4, -0.2) is 74.1 Å². The number of urea groups is 1. The van der Waals surface area contributed by atoms with Crippen molar-refractivity contribution < 1.29 is 4.79 Å². The van der Waals surface area contributed by atoms with Crippen LogP contribution < -0.4 is 5.32 Å². The standard InChI is InChI=1S/C16H23N5O/c1-19(2)7-8-20-9-11-21(12-10-20)16(22)18-15-5-3-14(13-17)4-6-15/h3-6H,7-12H2,1-2H3,(H,18,22). The molecule has 6 nitrogen and oxygen atoms in total. The van der Waals surface area contributed by atoms with Crippen LogP contribution in [0.25, 0.3) is 0 Å². The van der Waals surface area contributed by atoms with Gasteiger partial charge in [-0.15, -0.1) is 0 Å². The molecule has 0 unspecified atom stereocenters. The fourth-order valence-electron chi connectivity index (χ4n) is 2.35. The molecule has 2 amide bonds. The van der Waals surface area contributed by atoms with E-state index in [1.165, 1.54) is 0 Å². The van der Waals surface area contributed by atoms with Gasteiger partial charge in [-0.05, 0) is 38.4 Å². The summed E-state index contributed by atoms with van der Waals surface area (Å²) in [6.07, 6.45) is 0. The number of hydrogen-bond donors (Lipinski definition) is 1. The van der Waals surface area contributed by atoms with Crippen LogP contribution in [0.2, 0.25) is 0 Å². The average molecular weight is 301 g/mol. The maximum Gasteiger partial charge on any atom is 0.321 e. The summed E-state index contributed by atoms with van der Waals surface area (Å²) in [4.78, 5) is 18.6. The van der Waals surface area contributed by atoms with Gasteiger partial charge in [-0.2, -0.15) is 5.26 Å². The molecule has 6 heteroatoms. The maximum atomic E-state index is 12.2. The molecule has 1 aromatic carbocycles. The molecule has 1 aromatic rings. The lowest BCUT2D eigenvalue weighted by Gasteiger charge is -2.35. The highest BCUT2D eigenvalue weighted by Crippen LogP contribution is 2.11. The smallest absolute Gasteiger partial charge is 0.321 e. The first-order valence-electron chi connectivity index (χ1n) is 7.51. The Morgan fingerprint density at radius 3 is 2.41 bits per heavy atom. The highest BCUT2D eigenvalue weighted by Gasteiger charge is 2.20. The number of amides is 2. The first-order valence-corrected chi connectivity index (χ1v) is 7.51. The lowest BCUT2D eigenvalue weighted by Crippen LogP contribution is -2.51. The van der Waals surface area contributed by atoms with Crippen LogP contribution in [-0.2, 0) is 0 Å².